The predicted octanol–water partition coefficient (Wildman–Crippen LogP) is 6.70. The lowest BCUT2D eigenvalue weighted by Gasteiger charge is -2.39. The van der Waals surface area contributed by atoms with Crippen molar-refractivity contribution in [3.8, 4) is 0 Å². The monoisotopic (exact) mass is 434 g/mol. The Kier molecular flexibility index (Phi) is 5.42. The largest absolute Gasteiger partial charge is 0.478 e. The van der Waals surface area contributed by atoms with Crippen molar-refractivity contribution in [2.24, 2.45) is 0 Å². The number of aromatic nitrogens is 1. The minimum atomic E-state index is -0.918. The fourth-order valence-corrected chi connectivity index (χ4v) is 6.34. The van der Waals surface area contributed by atoms with Crippen molar-refractivity contribution in [2.45, 2.75) is 64.3 Å². The summed E-state index contributed by atoms with van der Waals surface area (Å²) in [6, 6.07) is 12.8. The first kappa shape index (κ1) is 21.6. The summed E-state index contributed by atoms with van der Waals surface area (Å²) >= 11 is 1.90. The van der Waals surface area contributed by atoms with Crippen LogP contribution in [-0.4, -0.2) is 16.1 Å². The fraction of sp³-hybridized carbons (Fsp3) is 0.385. The van der Waals surface area contributed by atoms with Crippen LogP contribution in [0.4, 0.5) is 5.69 Å². The number of thiophene rings is 1. The van der Waals surface area contributed by atoms with Gasteiger partial charge in [0.05, 0.1) is 11.3 Å². The number of aromatic carboxylic acids is 1. The second kappa shape index (κ2) is 7.79. The number of carboxylic acids is 1. The van der Waals surface area contributed by atoms with Crippen molar-refractivity contribution in [1.29, 1.82) is 0 Å². The zero-order chi connectivity index (χ0) is 22.4. The summed E-state index contributed by atoms with van der Waals surface area (Å²) in [5, 5.41) is 12.9. The van der Waals surface area contributed by atoms with Gasteiger partial charge in [-0.05, 0) is 78.1 Å². The molecule has 162 valence electrons. The Morgan fingerprint density at radius 2 is 1.74 bits per heavy atom. The lowest BCUT2D eigenvalue weighted by atomic mass is 9.66. The second-order valence-electron chi connectivity index (χ2n) is 9.78. The maximum absolute atomic E-state index is 11.2. The molecule has 0 saturated carbocycles. The Labute approximate surface area is 188 Å². The van der Waals surface area contributed by atoms with Crippen LogP contribution in [0.5, 0.6) is 0 Å². The highest BCUT2D eigenvalue weighted by Gasteiger charge is 2.41. The highest BCUT2D eigenvalue weighted by atomic mass is 32.1. The van der Waals surface area contributed by atoms with Gasteiger partial charge >= 0.3 is 5.97 Å². The van der Waals surface area contributed by atoms with Crippen LogP contribution >= 0.6 is 11.3 Å². The molecule has 0 spiro atoms. The molecule has 2 aromatic heterocycles. The van der Waals surface area contributed by atoms with Crippen LogP contribution < -0.4 is 5.32 Å². The maximum Gasteiger partial charge on any atom is 0.335 e. The van der Waals surface area contributed by atoms with E-state index >= 15 is 0 Å². The normalized spacial score (nSPS) is 17.6. The minimum absolute atomic E-state index is 0.0981. The molecular formula is C26H30N2O2S. The second-order valence-corrected chi connectivity index (χ2v) is 10.8. The molecule has 1 atom stereocenters. The van der Waals surface area contributed by atoms with E-state index in [0.29, 0.717) is 0 Å². The number of pyridine rings is 1. The third-order valence-corrected chi connectivity index (χ3v) is 8.26. The average Bonchev–Trinajstić information content (AvgIpc) is 3.10. The van der Waals surface area contributed by atoms with Crippen LogP contribution in [-0.2, 0) is 10.8 Å². The van der Waals surface area contributed by atoms with Gasteiger partial charge in [-0.15, -0.1) is 11.3 Å². The number of fused-ring (bicyclic) bond motifs is 1. The van der Waals surface area contributed by atoms with E-state index in [4.69, 9.17) is 0 Å². The Balaban J connectivity index is 1.82. The van der Waals surface area contributed by atoms with Gasteiger partial charge < -0.3 is 10.4 Å². The number of carbonyl (C=O) groups is 1. The van der Waals surface area contributed by atoms with Gasteiger partial charge in [0.15, 0.2) is 0 Å². The molecule has 2 N–H and O–H groups in total. The zero-order valence-electron chi connectivity index (χ0n) is 18.8. The summed E-state index contributed by atoms with van der Waals surface area (Å²) in [6.45, 7) is 11.7. The summed E-state index contributed by atoms with van der Waals surface area (Å²) < 4.78 is 0. The van der Waals surface area contributed by atoms with Crippen LogP contribution in [0, 0.1) is 6.92 Å². The molecule has 0 saturated heterocycles. The molecule has 1 unspecified atom stereocenters. The number of benzene rings is 1. The SMILES string of the molecule is Cc1c(C(Nc2ccc(C(=O)O)cc2)c2ccccn2)sc2c1C(C)(C)CCC2(C)C. The molecule has 5 heteroatoms. The van der Waals surface area contributed by atoms with Crippen molar-refractivity contribution in [3.63, 3.8) is 0 Å². The molecule has 4 rings (SSSR count). The molecule has 0 radical (unpaired) electrons. The van der Waals surface area contributed by atoms with Crippen molar-refractivity contribution in [1.82, 2.24) is 4.98 Å². The van der Waals surface area contributed by atoms with Crippen LogP contribution in [0.2, 0.25) is 0 Å². The summed E-state index contributed by atoms with van der Waals surface area (Å²) in [4.78, 5) is 18.7. The quantitative estimate of drug-likeness (QED) is 0.469. The third-order valence-electron chi connectivity index (χ3n) is 6.54. The molecule has 0 aliphatic heterocycles. The van der Waals surface area contributed by atoms with Crippen LogP contribution in [0.1, 0.15) is 83.5 Å². The molecular weight excluding hydrogens is 404 g/mol. The van der Waals surface area contributed by atoms with Gasteiger partial charge in [-0.25, -0.2) is 4.79 Å². The number of carboxylic acid groups (broad SMARTS) is 1. The maximum atomic E-state index is 11.2. The van der Waals surface area contributed by atoms with Crippen LogP contribution in [0.15, 0.2) is 48.7 Å². The van der Waals surface area contributed by atoms with Gasteiger partial charge in [0.1, 0.15) is 6.04 Å². The Morgan fingerprint density at radius 1 is 1.06 bits per heavy atom. The van der Waals surface area contributed by atoms with E-state index in [1.54, 1.807) is 12.1 Å². The van der Waals surface area contributed by atoms with E-state index in [2.05, 4.69) is 51.0 Å². The molecule has 1 aromatic carbocycles. The highest BCUT2D eigenvalue weighted by Crippen LogP contribution is 2.53. The lowest BCUT2D eigenvalue weighted by molar-refractivity contribution is 0.0697. The standard InChI is InChI=1S/C26H30N2O2S/c1-16-20-23(26(4,5)14-13-25(20,2)3)31-22(16)21(19-8-6-7-15-27-19)28-18-11-9-17(10-12-18)24(29)30/h6-12,15,21,28H,13-14H2,1-5H3,(H,29,30). The first-order valence-corrected chi connectivity index (χ1v) is 11.6. The third kappa shape index (κ3) is 3.99. The number of rotatable bonds is 5. The van der Waals surface area contributed by atoms with Crippen molar-refractivity contribution in [3.05, 3.63) is 80.8 Å². The zero-order valence-corrected chi connectivity index (χ0v) is 19.6. The van der Waals surface area contributed by atoms with Crippen molar-refractivity contribution in [2.75, 3.05) is 5.32 Å². The number of nitrogens with zero attached hydrogens (tertiary/aromatic N) is 1. The highest BCUT2D eigenvalue weighted by molar-refractivity contribution is 7.12. The van der Waals surface area contributed by atoms with Crippen molar-refractivity contribution < 1.29 is 9.90 Å². The molecule has 2 heterocycles. The lowest BCUT2D eigenvalue weighted by Crippen LogP contribution is -2.32. The molecule has 1 aliphatic carbocycles. The van der Waals surface area contributed by atoms with Gasteiger partial charge in [-0.2, -0.15) is 0 Å². The molecule has 0 fully saturated rings. The van der Waals surface area contributed by atoms with Gasteiger partial charge in [0, 0.05) is 21.6 Å². The van der Waals surface area contributed by atoms with E-state index in [9.17, 15) is 9.90 Å². The summed E-state index contributed by atoms with van der Waals surface area (Å²) in [6.07, 6.45) is 4.20. The van der Waals surface area contributed by atoms with E-state index in [-0.39, 0.29) is 22.4 Å². The minimum Gasteiger partial charge on any atom is -0.478 e. The molecule has 1 aliphatic rings. The first-order valence-electron chi connectivity index (χ1n) is 10.8. The Morgan fingerprint density at radius 3 is 2.32 bits per heavy atom. The first-order chi connectivity index (χ1) is 14.6. The number of nitrogens with one attached hydrogen (secondary N) is 1. The smallest absolute Gasteiger partial charge is 0.335 e. The summed E-state index contributed by atoms with van der Waals surface area (Å²) in [5.41, 5.74) is 5.28. The Hall–Kier alpha value is -2.66. The van der Waals surface area contributed by atoms with Gasteiger partial charge in [0.2, 0.25) is 0 Å². The molecule has 4 nitrogen and oxygen atoms in total. The molecule has 3 aromatic rings. The van der Waals surface area contributed by atoms with Gasteiger partial charge in [0.25, 0.3) is 0 Å². The van der Waals surface area contributed by atoms with E-state index in [0.717, 1.165) is 11.4 Å². The van der Waals surface area contributed by atoms with E-state index in [1.165, 1.54) is 33.7 Å². The topological polar surface area (TPSA) is 62.2 Å². The van der Waals surface area contributed by atoms with Gasteiger partial charge in [-0.3, -0.25) is 4.98 Å². The predicted molar refractivity (Wildman–Crippen MR) is 127 cm³/mol. The molecule has 0 bridgehead atoms. The van der Waals surface area contributed by atoms with Crippen LogP contribution in [0.3, 0.4) is 0 Å². The molecule has 0 amide bonds. The van der Waals surface area contributed by atoms with Crippen molar-refractivity contribution >= 4 is 23.0 Å². The fourth-order valence-electron chi connectivity index (χ4n) is 4.66. The van der Waals surface area contributed by atoms with Crippen LogP contribution in [0.25, 0.3) is 0 Å². The number of hydrogen-bond donors (Lipinski definition) is 2. The molecule has 31 heavy (non-hydrogen) atoms. The average molecular weight is 435 g/mol. The summed E-state index contributed by atoms with van der Waals surface area (Å²) in [5.74, 6) is -0.918. The van der Waals surface area contributed by atoms with E-state index in [1.807, 2.05) is 41.8 Å². The van der Waals surface area contributed by atoms with Gasteiger partial charge in [-0.1, -0.05) is 33.8 Å². The Bertz CT molecular complexity index is 1100. The number of anilines is 1. The summed E-state index contributed by atoms with van der Waals surface area (Å²) in [7, 11) is 0. The van der Waals surface area contributed by atoms with E-state index < -0.39 is 5.97 Å². The number of hydrogen-bond acceptors (Lipinski definition) is 4.